The van der Waals surface area contributed by atoms with Crippen molar-refractivity contribution >= 4 is 6.09 Å². The van der Waals surface area contributed by atoms with Crippen LogP contribution in [0.2, 0.25) is 0 Å². The number of hydrogen-bond donors (Lipinski definition) is 1. The number of nitrogens with one attached hydrogen (secondary N) is 1. The summed E-state index contributed by atoms with van der Waals surface area (Å²) in [4.78, 5) is 11.9. The smallest absolute Gasteiger partial charge is 0.408 e. The fourth-order valence-electron chi connectivity index (χ4n) is 1.77. The van der Waals surface area contributed by atoms with Crippen molar-refractivity contribution in [3.05, 3.63) is 35.9 Å². The third-order valence-electron chi connectivity index (χ3n) is 2.56. The topological polar surface area (TPSA) is 38.3 Å². The monoisotopic (exact) mass is 287 g/mol. The van der Waals surface area contributed by atoms with Crippen LogP contribution in [0.4, 0.5) is 4.79 Å². The summed E-state index contributed by atoms with van der Waals surface area (Å²) in [5.74, 6) is 6.66. The standard InChI is InChI=1S/C18H25NO2/c1-14(2)13-16(19-17(20)21-18(3,4)5)12-11-15-9-7-6-8-10-15/h6-10,14,16H,13H2,1-5H3,(H,19,20). The van der Waals surface area contributed by atoms with Crippen LogP contribution >= 0.6 is 0 Å². The fraction of sp³-hybridized carbons (Fsp3) is 0.500. The lowest BCUT2D eigenvalue weighted by atomic mass is 10.0. The van der Waals surface area contributed by atoms with E-state index in [0.717, 1.165) is 12.0 Å². The maximum atomic E-state index is 11.9. The summed E-state index contributed by atoms with van der Waals surface area (Å²) in [7, 11) is 0. The van der Waals surface area contributed by atoms with Gasteiger partial charge in [-0.3, -0.25) is 0 Å². The molecule has 1 N–H and O–H groups in total. The summed E-state index contributed by atoms with van der Waals surface area (Å²) >= 11 is 0. The average Bonchev–Trinajstić information content (AvgIpc) is 2.34. The van der Waals surface area contributed by atoms with Gasteiger partial charge in [-0.2, -0.15) is 0 Å². The highest BCUT2D eigenvalue weighted by Crippen LogP contribution is 2.09. The minimum Gasteiger partial charge on any atom is -0.444 e. The molecule has 0 aliphatic rings. The van der Waals surface area contributed by atoms with Crippen LogP contribution in [0.5, 0.6) is 0 Å². The molecule has 21 heavy (non-hydrogen) atoms. The van der Waals surface area contributed by atoms with Crippen molar-refractivity contribution in [2.45, 2.75) is 52.7 Å². The van der Waals surface area contributed by atoms with E-state index >= 15 is 0 Å². The maximum Gasteiger partial charge on any atom is 0.408 e. The van der Waals surface area contributed by atoms with Gasteiger partial charge in [0.25, 0.3) is 0 Å². The molecule has 0 saturated carbocycles. The Bertz CT molecular complexity index is 504. The van der Waals surface area contributed by atoms with Crippen LogP contribution in [0.3, 0.4) is 0 Å². The molecule has 1 unspecified atom stereocenters. The quantitative estimate of drug-likeness (QED) is 0.854. The van der Waals surface area contributed by atoms with Gasteiger partial charge >= 0.3 is 6.09 Å². The molecule has 1 amide bonds. The van der Waals surface area contributed by atoms with Crippen LogP contribution in [-0.2, 0) is 4.74 Å². The number of carbonyl (C=O) groups excluding carboxylic acids is 1. The molecule has 0 saturated heterocycles. The van der Waals surface area contributed by atoms with Gasteiger partial charge < -0.3 is 10.1 Å². The minimum atomic E-state index is -0.501. The van der Waals surface area contributed by atoms with Crippen LogP contribution in [0.1, 0.15) is 46.6 Å². The Hall–Kier alpha value is -1.95. The van der Waals surface area contributed by atoms with Crippen LogP contribution in [-0.4, -0.2) is 17.7 Å². The lowest BCUT2D eigenvalue weighted by Crippen LogP contribution is -2.39. The van der Waals surface area contributed by atoms with E-state index in [4.69, 9.17) is 4.74 Å². The van der Waals surface area contributed by atoms with Gasteiger partial charge in [0, 0.05) is 5.56 Å². The van der Waals surface area contributed by atoms with Crippen LogP contribution < -0.4 is 5.32 Å². The number of rotatable bonds is 3. The van der Waals surface area contributed by atoms with E-state index < -0.39 is 11.7 Å². The second-order valence-electron chi connectivity index (χ2n) is 6.46. The number of amides is 1. The first-order valence-corrected chi connectivity index (χ1v) is 7.32. The molecule has 0 heterocycles. The predicted molar refractivity (Wildman–Crippen MR) is 85.9 cm³/mol. The van der Waals surface area contributed by atoms with E-state index in [1.807, 2.05) is 51.1 Å². The normalized spacial score (nSPS) is 12.3. The molecule has 0 aromatic heterocycles. The Morgan fingerprint density at radius 3 is 2.38 bits per heavy atom. The molecule has 1 rings (SSSR count). The van der Waals surface area contributed by atoms with Gasteiger partial charge in [-0.05, 0) is 45.2 Å². The van der Waals surface area contributed by atoms with Crippen LogP contribution in [0.25, 0.3) is 0 Å². The Labute approximate surface area is 128 Å². The zero-order chi connectivity index (χ0) is 15.9. The molecule has 1 atom stereocenters. The molecule has 114 valence electrons. The minimum absolute atomic E-state index is 0.208. The van der Waals surface area contributed by atoms with Crippen molar-refractivity contribution in [2.24, 2.45) is 5.92 Å². The number of benzene rings is 1. The Kier molecular flexibility index (Phi) is 6.30. The van der Waals surface area contributed by atoms with Gasteiger partial charge in [-0.25, -0.2) is 4.79 Å². The van der Waals surface area contributed by atoms with Crippen molar-refractivity contribution in [1.82, 2.24) is 5.32 Å². The maximum absolute atomic E-state index is 11.9. The lowest BCUT2D eigenvalue weighted by Gasteiger charge is -2.22. The van der Waals surface area contributed by atoms with Gasteiger partial charge in [0.05, 0.1) is 6.04 Å². The molecule has 1 aromatic rings. The molecule has 0 fully saturated rings. The van der Waals surface area contributed by atoms with E-state index in [1.165, 1.54) is 0 Å². The zero-order valence-electron chi connectivity index (χ0n) is 13.6. The third kappa shape index (κ3) is 8.04. The summed E-state index contributed by atoms with van der Waals surface area (Å²) in [5.41, 5.74) is 0.441. The van der Waals surface area contributed by atoms with Crippen LogP contribution in [0.15, 0.2) is 30.3 Å². The second kappa shape index (κ2) is 7.73. The van der Waals surface area contributed by atoms with Crippen LogP contribution in [0, 0.1) is 17.8 Å². The molecule has 0 aliphatic carbocycles. The number of carbonyl (C=O) groups is 1. The van der Waals surface area contributed by atoms with E-state index in [-0.39, 0.29) is 6.04 Å². The first-order chi connectivity index (χ1) is 9.76. The Morgan fingerprint density at radius 2 is 1.86 bits per heavy atom. The number of ether oxygens (including phenoxy) is 1. The summed E-state index contributed by atoms with van der Waals surface area (Å²) in [5, 5.41) is 2.84. The molecule has 3 nitrogen and oxygen atoms in total. The molecule has 0 radical (unpaired) electrons. The largest absolute Gasteiger partial charge is 0.444 e. The third-order valence-corrected chi connectivity index (χ3v) is 2.56. The number of hydrogen-bond acceptors (Lipinski definition) is 2. The van der Waals surface area contributed by atoms with E-state index in [0.29, 0.717) is 5.92 Å². The predicted octanol–water partition coefficient (Wildman–Crippen LogP) is 3.98. The van der Waals surface area contributed by atoms with Gasteiger partial charge in [-0.15, -0.1) is 0 Å². The fourth-order valence-corrected chi connectivity index (χ4v) is 1.77. The molecule has 3 heteroatoms. The summed E-state index contributed by atoms with van der Waals surface area (Å²) in [6.07, 6.45) is 0.370. The van der Waals surface area contributed by atoms with Crippen molar-refractivity contribution in [3.8, 4) is 11.8 Å². The molecule has 0 spiro atoms. The highest BCUT2D eigenvalue weighted by molar-refractivity contribution is 5.68. The average molecular weight is 287 g/mol. The van der Waals surface area contributed by atoms with Crippen molar-refractivity contribution in [2.75, 3.05) is 0 Å². The zero-order valence-corrected chi connectivity index (χ0v) is 13.6. The SMILES string of the molecule is CC(C)CC(C#Cc1ccccc1)NC(=O)OC(C)(C)C. The lowest BCUT2D eigenvalue weighted by molar-refractivity contribution is 0.0512. The highest BCUT2D eigenvalue weighted by atomic mass is 16.6. The number of alkyl carbamates (subject to hydrolysis) is 1. The van der Waals surface area contributed by atoms with Gasteiger partial charge in [0.1, 0.15) is 5.60 Å². The molecule has 0 bridgehead atoms. The van der Waals surface area contributed by atoms with Gasteiger partial charge in [0.2, 0.25) is 0 Å². The first-order valence-electron chi connectivity index (χ1n) is 7.32. The summed E-state index contributed by atoms with van der Waals surface area (Å²) in [6.45, 7) is 9.75. The highest BCUT2D eigenvalue weighted by Gasteiger charge is 2.19. The van der Waals surface area contributed by atoms with E-state index in [9.17, 15) is 4.79 Å². The van der Waals surface area contributed by atoms with Crippen molar-refractivity contribution in [3.63, 3.8) is 0 Å². The first kappa shape index (κ1) is 17.1. The Morgan fingerprint density at radius 1 is 1.24 bits per heavy atom. The van der Waals surface area contributed by atoms with E-state index in [1.54, 1.807) is 0 Å². The molecular weight excluding hydrogens is 262 g/mol. The van der Waals surface area contributed by atoms with Gasteiger partial charge in [-0.1, -0.05) is 43.9 Å². The Balaban J connectivity index is 2.73. The summed E-state index contributed by atoms with van der Waals surface area (Å²) < 4.78 is 5.28. The summed E-state index contributed by atoms with van der Waals surface area (Å²) in [6, 6.07) is 9.54. The second-order valence-corrected chi connectivity index (χ2v) is 6.46. The van der Waals surface area contributed by atoms with E-state index in [2.05, 4.69) is 31.0 Å². The van der Waals surface area contributed by atoms with Crippen molar-refractivity contribution in [1.29, 1.82) is 0 Å². The van der Waals surface area contributed by atoms with Crippen molar-refractivity contribution < 1.29 is 9.53 Å². The molecule has 1 aromatic carbocycles. The molecule has 0 aliphatic heterocycles. The van der Waals surface area contributed by atoms with Gasteiger partial charge in [0.15, 0.2) is 0 Å². The molecular formula is C18H25NO2.